The van der Waals surface area contributed by atoms with E-state index in [1.165, 1.54) is 0 Å². The van der Waals surface area contributed by atoms with Crippen molar-refractivity contribution in [2.24, 2.45) is 11.8 Å². The lowest BCUT2D eigenvalue weighted by Crippen LogP contribution is -2.38. The molecule has 2 atom stereocenters. The Morgan fingerprint density at radius 2 is 2.44 bits per heavy atom. The van der Waals surface area contributed by atoms with E-state index < -0.39 is 5.97 Å². The van der Waals surface area contributed by atoms with Crippen LogP contribution in [0.5, 0.6) is 0 Å². The van der Waals surface area contributed by atoms with E-state index >= 15 is 0 Å². The fraction of sp³-hybridized carbons (Fsp3) is 0.750. The second kappa shape index (κ2) is 6.92. The molecule has 3 nitrogen and oxygen atoms in total. The lowest BCUT2D eigenvalue weighted by atomic mass is 9.85. The highest BCUT2D eigenvalue weighted by molar-refractivity contribution is 6.25. The van der Waals surface area contributed by atoms with Gasteiger partial charge in [0.1, 0.15) is 0 Å². The molecule has 0 spiro atoms. The van der Waals surface area contributed by atoms with Crippen LogP contribution in [0.15, 0.2) is 11.6 Å². The number of carbonyl (C=O) groups is 1. The molecule has 0 bridgehead atoms. The lowest BCUT2D eigenvalue weighted by Gasteiger charge is -2.34. The van der Waals surface area contributed by atoms with Crippen molar-refractivity contribution in [3.05, 3.63) is 11.6 Å². The Bertz CT molecular complexity index is 255. The van der Waals surface area contributed by atoms with Crippen molar-refractivity contribution in [2.75, 3.05) is 19.6 Å². The van der Waals surface area contributed by atoms with Gasteiger partial charge < -0.3 is 5.11 Å². The number of rotatable bonds is 5. The van der Waals surface area contributed by atoms with Crippen LogP contribution in [-0.2, 0) is 4.79 Å². The minimum Gasteiger partial charge on any atom is -0.481 e. The average Bonchev–Trinajstić information content (AvgIpc) is 2.26. The van der Waals surface area contributed by atoms with Crippen molar-refractivity contribution in [3.8, 4) is 0 Å². The molecule has 4 heteroatoms. The first-order valence-corrected chi connectivity index (χ1v) is 6.26. The third-order valence-electron chi connectivity index (χ3n) is 3.30. The normalized spacial score (nSPS) is 24.8. The van der Waals surface area contributed by atoms with Crippen LogP contribution in [0.25, 0.3) is 0 Å². The molecule has 0 aromatic heterocycles. The van der Waals surface area contributed by atoms with Crippen molar-refractivity contribution < 1.29 is 9.90 Å². The second-order valence-corrected chi connectivity index (χ2v) is 4.85. The average molecular weight is 246 g/mol. The molecular weight excluding hydrogens is 226 g/mol. The van der Waals surface area contributed by atoms with Gasteiger partial charge in [-0.1, -0.05) is 24.6 Å². The molecule has 1 aliphatic rings. The zero-order chi connectivity index (χ0) is 12.0. The zero-order valence-electron chi connectivity index (χ0n) is 9.73. The molecule has 1 N–H and O–H groups in total. The number of piperidine rings is 1. The monoisotopic (exact) mass is 245 g/mol. The fourth-order valence-corrected chi connectivity index (χ4v) is 2.43. The van der Waals surface area contributed by atoms with Gasteiger partial charge in [-0.15, -0.1) is 0 Å². The lowest BCUT2D eigenvalue weighted by molar-refractivity contribution is -0.138. The number of halogens is 1. The number of hydrogen-bond donors (Lipinski definition) is 1. The maximum Gasteiger partial charge on any atom is 0.303 e. The second-order valence-electron chi connectivity index (χ2n) is 4.60. The highest BCUT2D eigenvalue weighted by atomic mass is 35.5. The van der Waals surface area contributed by atoms with Gasteiger partial charge in [0.25, 0.3) is 0 Å². The maximum absolute atomic E-state index is 10.7. The molecule has 1 rings (SSSR count). The minimum atomic E-state index is -0.690. The van der Waals surface area contributed by atoms with Crippen molar-refractivity contribution >= 4 is 17.6 Å². The van der Waals surface area contributed by atoms with Gasteiger partial charge in [-0.25, -0.2) is 0 Å². The first-order valence-electron chi connectivity index (χ1n) is 5.83. The Morgan fingerprint density at radius 3 is 3.06 bits per heavy atom. The summed E-state index contributed by atoms with van der Waals surface area (Å²) < 4.78 is 0. The standard InChI is InChI=1S/C12H20ClNO2/c1-10(8-12(15)16)11-4-2-6-14(9-11)7-3-5-13/h3,5,10-11H,2,4,6-9H2,1H3,(H,15,16)/b5-3+. The van der Waals surface area contributed by atoms with E-state index in [4.69, 9.17) is 16.7 Å². The number of likely N-dealkylation sites (tertiary alicyclic amines) is 1. The molecule has 0 radical (unpaired) electrons. The van der Waals surface area contributed by atoms with E-state index in [2.05, 4.69) is 4.90 Å². The Balaban J connectivity index is 2.40. The molecule has 0 aromatic carbocycles. The van der Waals surface area contributed by atoms with Crippen molar-refractivity contribution in [1.82, 2.24) is 4.90 Å². The van der Waals surface area contributed by atoms with Crippen LogP contribution in [0.4, 0.5) is 0 Å². The summed E-state index contributed by atoms with van der Waals surface area (Å²) in [5, 5.41) is 8.78. The Kier molecular flexibility index (Phi) is 5.85. The zero-order valence-corrected chi connectivity index (χ0v) is 10.5. The highest BCUT2D eigenvalue weighted by Gasteiger charge is 2.25. The molecule has 1 heterocycles. The number of hydrogen-bond acceptors (Lipinski definition) is 2. The van der Waals surface area contributed by atoms with Crippen LogP contribution in [0.1, 0.15) is 26.2 Å². The number of nitrogens with zero attached hydrogens (tertiary/aromatic N) is 1. The van der Waals surface area contributed by atoms with Crippen LogP contribution >= 0.6 is 11.6 Å². The van der Waals surface area contributed by atoms with Crippen LogP contribution in [-0.4, -0.2) is 35.6 Å². The molecular formula is C12H20ClNO2. The van der Waals surface area contributed by atoms with Crippen LogP contribution in [0, 0.1) is 11.8 Å². The van der Waals surface area contributed by atoms with E-state index in [9.17, 15) is 4.79 Å². The van der Waals surface area contributed by atoms with Gasteiger partial charge in [0, 0.05) is 25.0 Å². The van der Waals surface area contributed by atoms with E-state index in [0.29, 0.717) is 5.92 Å². The Hall–Kier alpha value is -0.540. The minimum absolute atomic E-state index is 0.264. The largest absolute Gasteiger partial charge is 0.481 e. The van der Waals surface area contributed by atoms with Crippen molar-refractivity contribution in [1.29, 1.82) is 0 Å². The van der Waals surface area contributed by atoms with E-state index in [1.807, 2.05) is 13.0 Å². The molecule has 1 fully saturated rings. The summed E-state index contributed by atoms with van der Waals surface area (Å²) in [7, 11) is 0. The van der Waals surface area contributed by atoms with E-state index in [-0.39, 0.29) is 12.3 Å². The molecule has 0 amide bonds. The van der Waals surface area contributed by atoms with Gasteiger partial charge in [0.2, 0.25) is 0 Å². The summed E-state index contributed by atoms with van der Waals surface area (Å²) in [6.45, 7) is 5.01. The van der Waals surface area contributed by atoms with Crippen LogP contribution in [0.2, 0.25) is 0 Å². The highest BCUT2D eigenvalue weighted by Crippen LogP contribution is 2.25. The number of carboxylic acids is 1. The predicted molar refractivity (Wildman–Crippen MR) is 65.6 cm³/mol. The molecule has 1 saturated heterocycles. The van der Waals surface area contributed by atoms with Gasteiger partial charge in [0.15, 0.2) is 0 Å². The third kappa shape index (κ3) is 4.54. The molecule has 16 heavy (non-hydrogen) atoms. The molecule has 2 unspecified atom stereocenters. The third-order valence-corrected chi connectivity index (χ3v) is 3.47. The Morgan fingerprint density at radius 1 is 1.69 bits per heavy atom. The topological polar surface area (TPSA) is 40.5 Å². The predicted octanol–water partition coefficient (Wildman–Crippen LogP) is 2.56. The Labute approximate surface area is 102 Å². The SMILES string of the molecule is CC(CC(=O)O)C1CCCN(C/C=C/Cl)C1. The molecule has 1 aliphatic heterocycles. The van der Waals surface area contributed by atoms with Crippen LogP contribution in [0.3, 0.4) is 0 Å². The summed E-state index contributed by atoms with van der Waals surface area (Å²) in [6.07, 6.45) is 4.52. The van der Waals surface area contributed by atoms with Gasteiger partial charge >= 0.3 is 5.97 Å². The maximum atomic E-state index is 10.7. The quantitative estimate of drug-likeness (QED) is 0.809. The van der Waals surface area contributed by atoms with Gasteiger partial charge in [-0.3, -0.25) is 9.69 Å². The number of aliphatic carboxylic acids is 1. The summed E-state index contributed by atoms with van der Waals surface area (Å²) in [4.78, 5) is 13.0. The smallest absolute Gasteiger partial charge is 0.303 e. The van der Waals surface area contributed by atoms with Crippen molar-refractivity contribution in [2.45, 2.75) is 26.2 Å². The molecule has 92 valence electrons. The fourth-order valence-electron chi connectivity index (χ4n) is 2.35. The van der Waals surface area contributed by atoms with E-state index in [0.717, 1.165) is 32.5 Å². The summed E-state index contributed by atoms with van der Waals surface area (Å²) in [5.41, 5.74) is 1.55. The summed E-state index contributed by atoms with van der Waals surface area (Å²) in [5.74, 6) is 0.0825. The summed E-state index contributed by atoms with van der Waals surface area (Å²) >= 11 is 5.50. The first kappa shape index (κ1) is 13.5. The summed E-state index contributed by atoms with van der Waals surface area (Å²) in [6, 6.07) is 0. The molecule has 0 aromatic rings. The molecule has 0 aliphatic carbocycles. The van der Waals surface area contributed by atoms with Crippen LogP contribution < -0.4 is 0 Å². The molecule has 0 saturated carbocycles. The van der Waals surface area contributed by atoms with Gasteiger partial charge in [-0.05, 0) is 31.2 Å². The van der Waals surface area contributed by atoms with Gasteiger partial charge in [0.05, 0.1) is 0 Å². The van der Waals surface area contributed by atoms with Gasteiger partial charge in [-0.2, -0.15) is 0 Å². The van der Waals surface area contributed by atoms with Crippen molar-refractivity contribution in [3.63, 3.8) is 0 Å². The number of carboxylic acid groups (broad SMARTS) is 1. The first-order chi connectivity index (χ1) is 7.63. The van der Waals surface area contributed by atoms with E-state index in [1.54, 1.807) is 5.54 Å².